The predicted molar refractivity (Wildman–Crippen MR) is 66.3 cm³/mol. The van der Waals surface area contributed by atoms with Crippen LogP contribution < -0.4 is 0 Å². The SMILES string of the molecule is C=C1CCCCCCOC(=O)CCCCC1. The first-order valence-electron chi connectivity index (χ1n) is 6.61. The van der Waals surface area contributed by atoms with Crippen LogP contribution in [0.2, 0.25) is 0 Å². The van der Waals surface area contributed by atoms with Gasteiger partial charge in [-0.15, -0.1) is 0 Å². The van der Waals surface area contributed by atoms with Crippen molar-refractivity contribution < 1.29 is 9.53 Å². The Morgan fingerprint density at radius 2 is 1.38 bits per heavy atom. The van der Waals surface area contributed by atoms with Gasteiger partial charge in [0.15, 0.2) is 0 Å². The average Bonchev–Trinajstić information content (AvgIpc) is 2.26. The molecule has 92 valence electrons. The molecule has 0 atom stereocenters. The number of hydrogen-bond donors (Lipinski definition) is 0. The number of carbonyl (C=O) groups is 1. The van der Waals surface area contributed by atoms with Crippen LogP contribution in [0.4, 0.5) is 0 Å². The van der Waals surface area contributed by atoms with E-state index in [4.69, 9.17) is 4.74 Å². The molecule has 0 aromatic heterocycles. The average molecular weight is 224 g/mol. The molecule has 0 bridgehead atoms. The van der Waals surface area contributed by atoms with Gasteiger partial charge in [0, 0.05) is 6.42 Å². The van der Waals surface area contributed by atoms with Crippen LogP contribution in [0.1, 0.15) is 64.2 Å². The second-order valence-corrected chi connectivity index (χ2v) is 4.70. The third-order valence-electron chi connectivity index (χ3n) is 3.10. The highest BCUT2D eigenvalue weighted by molar-refractivity contribution is 5.69. The number of hydrogen-bond acceptors (Lipinski definition) is 2. The zero-order chi connectivity index (χ0) is 11.6. The molecule has 1 rings (SSSR count). The molecule has 0 amide bonds. The van der Waals surface area contributed by atoms with E-state index in [-0.39, 0.29) is 5.97 Å². The zero-order valence-corrected chi connectivity index (χ0v) is 10.3. The molecule has 1 aliphatic heterocycles. The number of allylic oxidation sites excluding steroid dienone is 1. The van der Waals surface area contributed by atoms with E-state index in [1.807, 2.05) is 0 Å². The largest absolute Gasteiger partial charge is 0.466 e. The third kappa shape index (κ3) is 6.65. The smallest absolute Gasteiger partial charge is 0.305 e. The summed E-state index contributed by atoms with van der Waals surface area (Å²) in [5.74, 6) is -0.0177. The van der Waals surface area contributed by atoms with Crippen LogP contribution in [0.5, 0.6) is 0 Å². The normalized spacial score (nSPS) is 22.2. The minimum atomic E-state index is -0.0177. The minimum absolute atomic E-state index is 0.0177. The van der Waals surface area contributed by atoms with Gasteiger partial charge >= 0.3 is 5.97 Å². The quantitative estimate of drug-likeness (QED) is 0.459. The van der Waals surface area contributed by atoms with Crippen LogP contribution in [0.15, 0.2) is 12.2 Å². The number of esters is 1. The van der Waals surface area contributed by atoms with Gasteiger partial charge in [-0.3, -0.25) is 4.79 Å². The molecule has 0 radical (unpaired) electrons. The Kier molecular flexibility index (Phi) is 6.95. The molecule has 0 aromatic carbocycles. The Balaban J connectivity index is 2.23. The highest BCUT2D eigenvalue weighted by Crippen LogP contribution is 2.16. The lowest BCUT2D eigenvalue weighted by atomic mass is 10.0. The molecule has 2 heteroatoms. The highest BCUT2D eigenvalue weighted by Gasteiger charge is 2.04. The summed E-state index contributed by atoms with van der Waals surface area (Å²) < 4.78 is 5.15. The lowest BCUT2D eigenvalue weighted by Gasteiger charge is -2.08. The fourth-order valence-electron chi connectivity index (χ4n) is 2.03. The topological polar surface area (TPSA) is 26.3 Å². The van der Waals surface area contributed by atoms with Crippen LogP contribution in [0.25, 0.3) is 0 Å². The number of cyclic esters (lactones) is 1. The van der Waals surface area contributed by atoms with E-state index in [9.17, 15) is 4.79 Å². The molecule has 0 unspecified atom stereocenters. The Hall–Kier alpha value is -0.790. The molecule has 0 aromatic rings. The zero-order valence-electron chi connectivity index (χ0n) is 10.3. The second kappa shape index (κ2) is 8.37. The molecule has 0 N–H and O–H groups in total. The Bertz CT molecular complexity index is 199. The van der Waals surface area contributed by atoms with E-state index in [1.165, 1.54) is 37.7 Å². The van der Waals surface area contributed by atoms with Crippen LogP contribution >= 0.6 is 0 Å². The van der Waals surface area contributed by atoms with Crippen molar-refractivity contribution in [3.8, 4) is 0 Å². The van der Waals surface area contributed by atoms with Crippen LogP contribution in [-0.4, -0.2) is 12.6 Å². The summed E-state index contributed by atoms with van der Waals surface area (Å²) in [6.07, 6.45) is 10.8. The fraction of sp³-hybridized carbons (Fsp3) is 0.786. The van der Waals surface area contributed by atoms with E-state index >= 15 is 0 Å². The van der Waals surface area contributed by atoms with Gasteiger partial charge in [-0.2, -0.15) is 0 Å². The summed E-state index contributed by atoms with van der Waals surface area (Å²) in [7, 11) is 0. The minimum Gasteiger partial charge on any atom is -0.466 e. The summed E-state index contributed by atoms with van der Waals surface area (Å²) in [4.78, 5) is 11.3. The van der Waals surface area contributed by atoms with E-state index < -0.39 is 0 Å². The van der Waals surface area contributed by atoms with Crippen molar-refractivity contribution in [3.05, 3.63) is 12.2 Å². The molecule has 1 heterocycles. The summed E-state index contributed by atoms with van der Waals surface area (Å²) in [6, 6.07) is 0. The molecule has 1 fully saturated rings. The van der Waals surface area contributed by atoms with Gasteiger partial charge < -0.3 is 4.74 Å². The molecule has 0 spiro atoms. The Labute approximate surface area is 99.1 Å². The fourth-order valence-corrected chi connectivity index (χ4v) is 2.03. The van der Waals surface area contributed by atoms with E-state index in [0.29, 0.717) is 13.0 Å². The van der Waals surface area contributed by atoms with Gasteiger partial charge in [-0.25, -0.2) is 0 Å². The van der Waals surface area contributed by atoms with Gasteiger partial charge in [0.1, 0.15) is 0 Å². The standard InChI is InChI=1S/C14H24O2/c1-13-9-5-2-3-8-12-16-14(15)11-7-4-6-10-13/h1-12H2. The number of rotatable bonds is 0. The van der Waals surface area contributed by atoms with Gasteiger partial charge in [-0.1, -0.05) is 31.4 Å². The highest BCUT2D eigenvalue weighted by atomic mass is 16.5. The first kappa shape index (κ1) is 13.3. The predicted octanol–water partition coefficient (Wildman–Crippen LogP) is 4.00. The lowest BCUT2D eigenvalue weighted by molar-refractivity contribution is -0.143. The molecular formula is C14H24O2. The Morgan fingerprint density at radius 3 is 2.12 bits per heavy atom. The first-order chi connectivity index (χ1) is 7.79. The third-order valence-corrected chi connectivity index (χ3v) is 3.10. The summed E-state index contributed by atoms with van der Waals surface area (Å²) in [5, 5.41) is 0. The second-order valence-electron chi connectivity index (χ2n) is 4.70. The van der Waals surface area contributed by atoms with Gasteiger partial charge in [0.05, 0.1) is 6.61 Å². The first-order valence-corrected chi connectivity index (χ1v) is 6.61. The molecule has 16 heavy (non-hydrogen) atoms. The number of ether oxygens (including phenoxy) is 1. The van der Waals surface area contributed by atoms with Crippen molar-refractivity contribution in [2.24, 2.45) is 0 Å². The van der Waals surface area contributed by atoms with Crippen molar-refractivity contribution in [3.63, 3.8) is 0 Å². The maximum absolute atomic E-state index is 11.3. The molecule has 2 nitrogen and oxygen atoms in total. The molecule has 0 aliphatic carbocycles. The summed E-state index contributed by atoms with van der Waals surface area (Å²) >= 11 is 0. The van der Waals surface area contributed by atoms with Gasteiger partial charge in [0.2, 0.25) is 0 Å². The molecule has 1 saturated heterocycles. The van der Waals surface area contributed by atoms with E-state index in [2.05, 4.69) is 6.58 Å². The maximum Gasteiger partial charge on any atom is 0.305 e. The van der Waals surface area contributed by atoms with Crippen molar-refractivity contribution in [2.45, 2.75) is 64.2 Å². The number of carbonyl (C=O) groups excluding carboxylic acids is 1. The lowest BCUT2D eigenvalue weighted by Crippen LogP contribution is -2.05. The summed E-state index contributed by atoms with van der Waals surface area (Å²) in [6.45, 7) is 4.72. The van der Waals surface area contributed by atoms with Crippen LogP contribution in [0, 0.1) is 0 Å². The monoisotopic (exact) mass is 224 g/mol. The van der Waals surface area contributed by atoms with E-state index in [0.717, 1.165) is 25.7 Å². The molecule has 0 saturated carbocycles. The van der Waals surface area contributed by atoms with Crippen molar-refractivity contribution in [1.29, 1.82) is 0 Å². The maximum atomic E-state index is 11.3. The van der Waals surface area contributed by atoms with Gasteiger partial charge in [-0.05, 0) is 38.5 Å². The van der Waals surface area contributed by atoms with Crippen molar-refractivity contribution >= 4 is 5.97 Å². The summed E-state index contributed by atoms with van der Waals surface area (Å²) in [5.41, 5.74) is 1.39. The van der Waals surface area contributed by atoms with Crippen molar-refractivity contribution in [2.75, 3.05) is 6.61 Å². The van der Waals surface area contributed by atoms with Crippen LogP contribution in [-0.2, 0) is 9.53 Å². The molecular weight excluding hydrogens is 200 g/mol. The van der Waals surface area contributed by atoms with Gasteiger partial charge in [0.25, 0.3) is 0 Å². The molecule has 1 aliphatic rings. The van der Waals surface area contributed by atoms with Crippen LogP contribution in [0.3, 0.4) is 0 Å². The van der Waals surface area contributed by atoms with E-state index in [1.54, 1.807) is 0 Å². The Morgan fingerprint density at radius 1 is 0.812 bits per heavy atom. The van der Waals surface area contributed by atoms with Crippen molar-refractivity contribution in [1.82, 2.24) is 0 Å².